The Morgan fingerprint density at radius 2 is 1.84 bits per heavy atom. The molecule has 2 fully saturated rings. The molecule has 0 unspecified atom stereocenters. The van der Waals surface area contributed by atoms with Crippen LogP contribution >= 0.6 is 0 Å². The van der Waals surface area contributed by atoms with Crippen molar-refractivity contribution in [1.82, 2.24) is 15.1 Å². The van der Waals surface area contributed by atoms with Crippen LogP contribution < -0.4 is 5.32 Å². The second kappa shape index (κ2) is 6.75. The maximum Gasteiger partial charge on any atom is 0.326 e. The predicted octanol–water partition coefficient (Wildman–Crippen LogP) is 0.731. The summed E-state index contributed by atoms with van der Waals surface area (Å²) < 4.78 is 0. The van der Waals surface area contributed by atoms with Gasteiger partial charge in [-0.25, -0.2) is 9.59 Å². The number of amides is 2. The number of likely N-dealkylation sites (tertiary alicyclic amines) is 2. The third-order valence-electron chi connectivity index (χ3n) is 3.95. The minimum atomic E-state index is -0.899. The van der Waals surface area contributed by atoms with Gasteiger partial charge < -0.3 is 20.2 Å². The molecular formula is C13H23N3O3. The molecule has 0 aromatic carbocycles. The first kappa shape index (κ1) is 14.1. The van der Waals surface area contributed by atoms with E-state index in [2.05, 4.69) is 10.2 Å². The second-order valence-electron chi connectivity index (χ2n) is 5.32. The van der Waals surface area contributed by atoms with Crippen molar-refractivity contribution in [2.75, 3.05) is 32.7 Å². The number of urea groups is 1. The predicted molar refractivity (Wildman–Crippen MR) is 71.1 cm³/mol. The summed E-state index contributed by atoms with van der Waals surface area (Å²) in [6.45, 7) is 4.22. The number of aliphatic carboxylic acids is 1. The van der Waals surface area contributed by atoms with Crippen molar-refractivity contribution < 1.29 is 14.7 Å². The molecule has 2 amide bonds. The molecule has 0 spiro atoms. The van der Waals surface area contributed by atoms with E-state index in [-0.39, 0.29) is 6.03 Å². The molecule has 2 N–H and O–H groups in total. The van der Waals surface area contributed by atoms with Crippen molar-refractivity contribution in [2.24, 2.45) is 0 Å². The number of carboxylic acids is 1. The van der Waals surface area contributed by atoms with Gasteiger partial charge in [-0.05, 0) is 38.8 Å². The SMILES string of the molecule is O=C(O)[C@@H]1CCCN1C(=O)NCCN1CCCCC1. The Labute approximate surface area is 113 Å². The summed E-state index contributed by atoms with van der Waals surface area (Å²) in [5.41, 5.74) is 0. The summed E-state index contributed by atoms with van der Waals surface area (Å²) in [6.07, 6.45) is 5.12. The number of carbonyl (C=O) groups is 2. The number of piperidine rings is 1. The Hall–Kier alpha value is -1.30. The summed E-state index contributed by atoms with van der Waals surface area (Å²) in [6, 6.07) is -0.878. The number of hydrogen-bond acceptors (Lipinski definition) is 3. The van der Waals surface area contributed by atoms with Gasteiger partial charge in [-0.15, -0.1) is 0 Å². The van der Waals surface area contributed by atoms with Crippen LogP contribution in [0.3, 0.4) is 0 Å². The highest BCUT2D eigenvalue weighted by molar-refractivity contribution is 5.83. The summed E-state index contributed by atoms with van der Waals surface area (Å²) in [5, 5.41) is 11.9. The smallest absolute Gasteiger partial charge is 0.326 e. The number of carbonyl (C=O) groups excluding carboxylic acids is 1. The van der Waals surface area contributed by atoms with Gasteiger partial charge in [-0.1, -0.05) is 6.42 Å². The minimum Gasteiger partial charge on any atom is -0.480 e. The van der Waals surface area contributed by atoms with Crippen LogP contribution in [0.5, 0.6) is 0 Å². The molecule has 6 heteroatoms. The first-order chi connectivity index (χ1) is 9.18. The van der Waals surface area contributed by atoms with E-state index in [1.54, 1.807) is 0 Å². The fraction of sp³-hybridized carbons (Fsp3) is 0.846. The second-order valence-corrected chi connectivity index (χ2v) is 5.32. The third-order valence-corrected chi connectivity index (χ3v) is 3.95. The number of carboxylic acid groups (broad SMARTS) is 1. The fourth-order valence-corrected chi connectivity index (χ4v) is 2.87. The van der Waals surface area contributed by atoms with Gasteiger partial charge in [0.25, 0.3) is 0 Å². The van der Waals surface area contributed by atoms with Crippen LogP contribution in [-0.2, 0) is 4.79 Å². The summed E-state index contributed by atoms with van der Waals surface area (Å²) >= 11 is 0. The largest absolute Gasteiger partial charge is 0.480 e. The lowest BCUT2D eigenvalue weighted by Crippen LogP contribution is -2.47. The van der Waals surface area contributed by atoms with Gasteiger partial charge in [0.2, 0.25) is 0 Å². The highest BCUT2D eigenvalue weighted by atomic mass is 16.4. The molecule has 0 radical (unpaired) electrons. The van der Waals surface area contributed by atoms with Crippen LogP contribution in [0.2, 0.25) is 0 Å². The Morgan fingerprint density at radius 1 is 1.11 bits per heavy atom. The number of nitrogens with one attached hydrogen (secondary N) is 1. The molecule has 108 valence electrons. The molecule has 1 atom stereocenters. The van der Waals surface area contributed by atoms with Gasteiger partial charge in [-0.2, -0.15) is 0 Å². The maximum absolute atomic E-state index is 11.9. The zero-order chi connectivity index (χ0) is 13.7. The van der Waals surface area contributed by atoms with Gasteiger partial charge in [0.15, 0.2) is 0 Å². The normalized spacial score (nSPS) is 24.4. The molecule has 19 heavy (non-hydrogen) atoms. The molecule has 2 heterocycles. The van der Waals surface area contributed by atoms with Gasteiger partial charge in [0.1, 0.15) is 6.04 Å². The number of nitrogens with zero attached hydrogens (tertiary/aromatic N) is 2. The quantitative estimate of drug-likeness (QED) is 0.789. The van der Waals surface area contributed by atoms with Crippen molar-refractivity contribution in [1.29, 1.82) is 0 Å². The van der Waals surface area contributed by atoms with Crippen LogP contribution in [0.4, 0.5) is 4.79 Å². The average molecular weight is 269 g/mol. The Kier molecular flexibility index (Phi) is 5.01. The van der Waals surface area contributed by atoms with E-state index in [0.29, 0.717) is 19.5 Å². The fourth-order valence-electron chi connectivity index (χ4n) is 2.87. The van der Waals surface area contributed by atoms with Crippen LogP contribution in [0, 0.1) is 0 Å². The van der Waals surface area contributed by atoms with Crippen molar-refractivity contribution in [3.05, 3.63) is 0 Å². The average Bonchev–Trinajstić information content (AvgIpc) is 2.89. The van der Waals surface area contributed by atoms with Gasteiger partial charge >= 0.3 is 12.0 Å². The zero-order valence-corrected chi connectivity index (χ0v) is 11.3. The summed E-state index contributed by atoms with van der Waals surface area (Å²) in [5.74, 6) is -0.899. The van der Waals surface area contributed by atoms with E-state index in [9.17, 15) is 9.59 Å². The lowest BCUT2D eigenvalue weighted by molar-refractivity contribution is -0.141. The van der Waals surface area contributed by atoms with Gasteiger partial charge in [0.05, 0.1) is 0 Å². The highest BCUT2D eigenvalue weighted by Crippen LogP contribution is 2.17. The molecule has 2 aliphatic heterocycles. The molecular weight excluding hydrogens is 246 g/mol. The summed E-state index contributed by atoms with van der Waals surface area (Å²) in [4.78, 5) is 26.7. The van der Waals surface area contributed by atoms with E-state index in [4.69, 9.17) is 5.11 Å². The first-order valence-corrected chi connectivity index (χ1v) is 7.18. The lowest BCUT2D eigenvalue weighted by atomic mass is 10.1. The van der Waals surface area contributed by atoms with Crippen molar-refractivity contribution in [2.45, 2.75) is 38.1 Å². The van der Waals surface area contributed by atoms with Crippen molar-refractivity contribution in [3.63, 3.8) is 0 Å². The van der Waals surface area contributed by atoms with E-state index >= 15 is 0 Å². The molecule has 6 nitrogen and oxygen atoms in total. The molecule has 0 saturated carbocycles. The minimum absolute atomic E-state index is 0.234. The molecule has 2 saturated heterocycles. The number of rotatable bonds is 4. The molecule has 2 rings (SSSR count). The zero-order valence-electron chi connectivity index (χ0n) is 11.3. The number of hydrogen-bond donors (Lipinski definition) is 2. The molecule has 0 aromatic heterocycles. The highest BCUT2D eigenvalue weighted by Gasteiger charge is 2.33. The molecule has 2 aliphatic rings. The van der Waals surface area contributed by atoms with E-state index in [1.165, 1.54) is 24.2 Å². The van der Waals surface area contributed by atoms with Crippen LogP contribution in [-0.4, -0.2) is 65.7 Å². The van der Waals surface area contributed by atoms with Crippen molar-refractivity contribution in [3.8, 4) is 0 Å². The van der Waals surface area contributed by atoms with Gasteiger partial charge in [-0.3, -0.25) is 0 Å². The molecule has 0 aromatic rings. The Morgan fingerprint density at radius 3 is 2.53 bits per heavy atom. The summed E-state index contributed by atoms with van der Waals surface area (Å²) in [7, 11) is 0. The van der Waals surface area contributed by atoms with Crippen LogP contribution in [0.1, 0.15) is 32.1 Å². The van der Waals surface area contributed by atoms with Crippen molar-refractivity contribution >= 4 is 12.0 Å². The lowest BCUT2D eigenvalue weighted by Gasteiger charge is -2.27. The Balaban J connectivity index is 1.70. The van der Waals surface area contributed by atoms with Crippen LogP contribution in [0.25, 0.3) is 0 Å². The van der Waals surface area contributed by atoms with E-state index < -0.39 is 12.0 Å². The molecule has 0 aliphatic carbocycles. The standard InChI is InChI=1S/C13H23N3O3/c17-12(18)11-5-4-9-16(11)13(19)14-6-10-15-7-2-1-3-8-15/h11H,1-10H2,(H,14,19)(H,17,18)/t11-/m0/s1. The topological polar surface area (TPSA) is 72.9 Å². The van der Waals surface area contributed by atoms with E-state index in [0.717, 1.165) is 26.1 Å². The third kappa shape index (κ3) is 3.83. The Bertz CT molecular complexity index is 329. The molecule has 0 bridgehead atoms. The first-order valence-electron chi connectivity index (χ1n) is 7.18. The maximum atomic E-state index is 11.9. The van der Waals surface area contributed by atoms with E-state index in [1.807, 2.05) is 0 Å². The monoisotopic (exact) mass is 269 g/mol. The van der Waals surface area contributed by atoms with Crippen LogP contribution in [0.15, 0.2) is 0 Å². The van der Waals surface area contributed by atoms with Gasteiger partial charge in [0, 0.05) is 19.6 Å².